The minimum atomic E-state index is -1.01. The molecule has 0 aliphatic carbocycles. The molecule has 0 saturated heterocycles. The maximum atomic E-state index is 13.2. The molecule has 1 unspecified atom stereocenters. The lowest BCUT2D eigenvalue weighted by Crippen LogP contribution is -2.22. The number of para-hydroxylation sites is 1. The van der Waals surface area contributed by atoms with Crippen molar-refractivity contribution in [1.82, 2.24) is 0 Å². The van der Waals surface area contributed by atoms with Crippen molar-refractivity contribution >= 4 is 28.5 Å². The number of carboxylic acids is 1. The zero-order valence-electron chi connectivity index (χ0n) is 19.2. The number of rotatable bonds is 9. The number of hydrogen-bond acceptors (Lipinski definition) is 4. The molecule has 174 valence electrons. The predicted octanol–water partition coefficient (Wildman–Crippen LogP) is 6.55. The Bertz CT molecular complexity index is 1290. The summed E-state index contributed by atoms with van der Waals surface area (Å²) in [5.41, 5.74) is 3.93. The highest BCUT2D eigenvalue weighted by atomic mass is 16.5. The second-order valence-corrected chi connectivity index (χ2v) is 8.15. The third-order valence-corrected chi connectivity index (χ3v) is 5.64. The summed E-state index contributed by atoms with van der Waals surface area (Å²) < 4.78 is 11.4. The van der Waals surface area contributed by atoms with Gasteiger partial charge in [-0.3, -0.25) is 4.79 Å². The Morgan fingerprint density at radius 2 is 1.62 bits per heavy atom. The second kappa shape index (κ2) is 10.3. The number of carbonyl (C=O) groups is 2. The lowest BCUT2D eigenvalue weighted by molar-refractivity contribution is -0.144. The summed E-state index contributed by atoms with van der Waals surface area (Å²) in [4.78, 5) is 24.1. The van der Waals surface area contributed by atoms with Gasteiger partial charge in [-0.1, -0.05) is 55.8 Å². The quantitative estimate of drug-likeness (QED) is 0.298. The van der Waals surface area contributed by atoms with Crippen LogP contribution in [0.3, 0.4) is 0 Å². The van der Waals surface area contributed by atoms with Crippen LogP contribution in [0.1, 0.15) is 42.8 Å². The number of carboxylic acid groups (broad SMARTS) is 1. The monoisotopic (exact) mass is 457 g/mol. The fraction of sp³-hybridized carbons (Fsp3) is 0.214. The van der Waals surface area contributed by atoms with E-state index in [1.54, 1.807) is 12.1 Å². The van der Waals surface area contributed by atoms with Crippen molar-refractivity contribution in [2.75, 3.05) is 5.32 Å². The van der Waals surface area contributed by atoms with E-state index in [-0.39, 0.29) is 5.91 Å². The van der Waals surface area contributed by atoms with Crippen LogP contribution in [-0.4, -0.2) is 23.1 Å². The minimum Gasteiger partial charge on any atom is -0.479 e. The molecule has 3 aromatic carbocycles. The first-order valence-electron chi connectivity index (χ1n) is 11.4. The molecule has 4 aromatic rings. The van der Waals surface area contributed by atoms with Crippen LogP contribution >= 0.6 is 0 Å². The Hall–Kier alpha value is -4.06. The SMILES string of the molecule is CCCCc1oc2ccccc2c1C(=O)Nc1ccc(-c2ccc(OC(C)C(=O)O)cc2)cc1. The van der Waals surface area contributed by atoms with E-state index in [4.69, 9.17) is 14.3 Å². The van der Waals surface area contributed by atoms with Crippen LogP contribution in [0.5, 0.6) is 5.75 Å². The Morgan fingerprint density at radius 1 is 0.971 bits per heavy atom. The van der Waals surface area contributed by atoms with Crippen molar-refractivity contribution in [2.45, 2.75) is 39.2 Å². The van der Waals surface area contributed by atoms with Crippen LogP contribution in [0.2, 0.25) is 0 Å². The first kappa shape index (κ1) is 23.1. The van der Waals surface area contributed by atoms with Gasteiger partial charge < -0.3 is 19.6 Å². The molecule has 0 fully saturated rings. The molecule has 0 aliphatic heterocycles. The summed E-state index contributed by atoms with van der Waals surface area (Å²) in [5.74, 6) is 0.0194. The average Bonchev–Trinajstić information content (AvgIpc) is 3.22. The highest BCUT2D eigenvalue weighted by Gasteiger charge is 2.20. The number of aryl methyl sites for hydroxylation is 1. The number of aliphatic carboxylic acids is 1. The number of hydrogen-bond donors (Lipinski definition) is 2. The number of furan rings is 1. The zero-order chi connectivity index (χ0) is 24.1. The molecule has 0 saturated carbocycles. The molecule has 1 aromatic heterocycles. The van der Waals surface area contributed by atoms with E-state index in [0.717, 1.165) is 47.1 Å². The Kier molecular flexibility index (Phi) is 6.97. The molecular formula is C28H27NO5. The van der Waals surface area contributed by atoms with Gasteiger partial charge in [0.05, 0.1) is 5.56 Å². The van der Waals surface area contributed by atoms with E-state index in [1.165, 1.54) is 6.92 Å². The van der Waals surface area contributed by atoms with Gasteiger partial charge in [0.2, 0.25) is 0 Å². The van der Waals surface area contributed by atoms with Gasteiger partial charge >= 0.3 is 5.97 Å². The Morgan fingerprint density at radius 3 is 2.26 bits per heavy atom. The molecule has 0 aliphatic rings. The molecule has 34 heavy (non-hydrogen) atoms. The van der Waals surface area contributed by atoms with E-state index in [1.807, 2.05) is 60.7 Å². The second-order valence-electron chi connectivity index (χ2n) is 8.15. The molecule has 6 heteroatoms. The molecule has 2 N–H and O–H groups in total. The number of unbranched alkanes of at least 4 members (excludes halogenated alkanes) is 1. The smallest absolute Gasteiger partial charge is 0.344 e. The minimum absolute atomic E-state index is 0.183. The van der Waals surface area contributed by atoms with Crippen LogP contribution in [0.4, 0.5) is 5.69 Å². The van der Waals surface area contributed by atoms with Crippen LogP contribution in [-0.2, 0) is 11.2 Å². The maximum Gasteiger partial charge on any atom is 0.344 e. The van der Waals surface area contributed by atoms with Gasteiger partial charge in [0.15, 0.2) is 6.10 Å². The third-order valence-electron chi connectivity index (χ3n) is 5.64. The summed E-state index contributed by atoms with van der Waals surface area (Å²) in [5, 5.41) is 12.8. The van der Waals surface area contributed by atoms with Gasteiger partial charge in [-0.2, -0.15) is 0 Å². The fourth-order valence-electron chi connectivity index (χ4n) is 3.78. The van der Waals surface area contributed by atoms with Crippen molar-refractivity contribution in [3.05, 3.63) is 84.1 Å². The summed E-state index contributed by atoms with van der Waals surface area (Å²) in [6.07, 6.45) is 1.78. The van der Waals surface area contributed by atoms with Gasteiger partial charge in [0.25, 0.3) is 5.91 Å². The van der Waals surface area contributed by atoms with E-state index < -0.39 is 12.1 Å². The zero-order valence-corrected chi connectivity index (χ0v) is 19.2. The van der Waals surface area contributed by atoms with E-state index in [9.17, 15) is 9.59 Å². The number of anilines is 1. The van der Waals surface area contributed by atoms with Gasteiger partial charge in [-0.15, -0.1) is 0 Å². The van der Waals surface area contributed by atoms with Crippen LogP contribution in [0.15, 0.2) is 77.2 Å². The van der Waals surface area contributed by atoms with Crippen molar-refractivity contribution in [3.63, 3.8) is 0 Å². The van der Waals surface area contributed by atoms with Crippen molar-refractivity contribution in [2.24, 2.45) is 0 Å². The summed E-state index contributed by atoms with van der Waals surface area (Å²) in [6.45, 7) is 3.60. The molecule has 0 bridgehead atoms. The fourth-order valence-corrected chi connectivity index (χ4v) is 3.78. The first-order chi connectivity index (χ1) is 16.5. The lowest BCUT2D eigenvalue weighted by Gasteiger charge is -2.11. The Labute approximate surface area is 198 Å². The number of benzene rings is 3. The van der Waals surface area contributed by atoms with E-state index >= 15 is 0 Å². The van der Waals surface area contributed by atoms with Gasteiger partial charge in [-0.25, -0.2) is 4.79 Å². The van der Waals surface area contributed by atoms with Crippen molar-refractivity contribution < 1.29 is 23.8 Å². The topological polar surface area (TPSA) is 88.8 Å². The predicted molar refractivity (Wildman–Crippen MR) is 132 cm³/mol. The maximum absolute atomic E-state index is 13.2. The third kappa shape index (κ3) is 5.12. The van der Waals surface area contributed by atoms with Crippen LogP contribution in [0, 0.1) is 0 Å². The number of nitrogens with one attached hydrogen (secondary N) is 1. The number of amides is 1. The first-order valence-corrected chi connectivity index (χ1v) is 11.4. The molecule has 6 nitrogen and oxygen atoms in total. The number of carbonyl (C=O) groups excluding carboxylic acids is 1. The summed E-state index contributed by atoms with van der Waals surface area (Å²) in [7, 11) is 0. The lowest BCUT2D eigenvalue weighted by atomic mass is 10.0. The van der Waals surface area contributed by atoms with E-state index in [2.05, 4.69) is 12.2 Å². The van der Waals surface area contributed by atoms with E-state index in [0.29, 0.717) is 17.0 Å². The normalized spacial score (nSPS) is 11.8. The molecule has 1 amide bonds. The van der Waals surface area contributed by atoms with Crippen LogP contribution < -0.4 is 10.1 Å². The molecular weight excluding hydrogens is 430 g/mol. The van der Waals surface area contributed by atoms with Gasteiger partial charge in [-0.05, 0) is 54.8 Å². The molecule has 1 heterocycles. The summed E-state index contributed by atoms with van der Waals surface area (Å²) >= 11 is 0. The van der Waals surface area contributed by atoms with Crippen LogP contribution in [0.25, 0.3) is 22.1 Å². The van der Waals surface area contributed by atoms with Crippen molar-refractivity contribution in [1.29, 1.82) is 0 Å². The molecule has 0 radical (unpaired) electrons. The standard InChI is InChI=1S/C28H27NO5/c1-3-4-8-25-26(23-7-5-6-9-24(23)34-25)27(30)29-21-14-10-19(11-15-21)20-12-16-22(17-13-20)33-18(2)28(31)32/h5-7,9-18H,3-4,8H2,1-2H3,(H,29,30)(H,31,32). The number of ether oxygens (including phenoxy) is 1. The molecule has 1 atom stereocenters. The van der Waals surface area contributed by atoms with Gasteiger partial charge in [0, 0.05) is 17.5 Å². The highest BCUT2D eigenvalue weighted by Crippen LogP contribution is 2.29. The average molecular weight is 458 g/mol. The Balaban J connectivity index is 1.49. The highest BCUT2D eigenvalue weighted by molar-refractivity contribution is 6.13. The van der Waals surface area contributed by atoms with Gasteiger partial charge in [0.1, 0.15) is 17.1 Å². The number of fused-ring (bicyclic) bond motifs is 1. The molecule has 0 spiro atoms. The van der Waals surface area contributed by atoms with Crippen molar-refractivity contribution in [3.8, 4) is 16.9 Å². The molecule has 4 rings (SSSR count). The largest absolute Gasteiger partial charge is 0.479 e. The summed E-state index contributed by atoms with van der Waals surface area (Å²) in [6, 6.07) is 22.4.